The van der Waals surface area contributed by atoms with E-state index in [4.69, 9.17) is 17.3 Å². The average molecular weight is 325 g/mol. The SMILES string of the molecule is C=CCN(Cc1ccc(Cl)s1)C(=O)c1ccc(F)cc1N. The summed E-state index contributed by atoms with van der Waals surface area (Å²) in [6, 6.07) is 7.40. The van der Waals surface area contributed by atoms with Gasteiger partial charge < -0.3 is 10.6 Å². The smallest absolute Gasteiger partial charge is 0.256 e. The van der Waals surface area contributed by atoms with Crippen molar-refractivity contribution < 1.29 is 9.18 Å². The van der Waals surface area contributed by atoms with E-state index in [0.29, 0.717) is 17.4 Å². The number of hydrogen-bond acceptors (Lipinski definition) is 3. The molecule has 1 heterocycles. The standard InChI is InChI=1S/C15H14ClFN2OS/c1-2-7-19(9-11-4-6-14(16)21-11)15(20)12-5-3-10(17)8-13(12)18/h2-6,8H,1,7,9,18H2. The Morgan fingerprint density at radius 1 is 1.43 bits per heavy atom. The van der Waals surface area contributed by atoms with Crippen LogP contribution >= 0.6 is 22.9 Å². The van der Waals surface area contributed by atoms with Gasteiger partial charge >= 0.3 is 0 Å². The molecule has 0 saturated heterocycles. The van der Waals surface area contributed by atoms with E-state index in [1.165, 1.54) is 23.5 Å². The zero-order valence-electron chi connectivity index (χ0n) is 11.2. The van der Waals surface area contributed by atoms with Crippen LogP contribution in [0.1, 0.15) is 15.2 Å². The van der Waals surface area contributed by atoms with Crippen LogP contribution < -0.4 is 5.73 Å². The van der Waals surface area contributed by atoms with Crippen molar-refractivity contribution in [3.63, 3.8) is 0 Å². The topological polar surface area (TPSA) is 46.3 Å². The second-order valence-corrected chi connectivity index (χ2v) is 6.21. The number of carbonyl (C=O) groups excluding carboxylic acids is 1. The summed E-state index contributed by atoms with van der Waals surface area (Å²) in [6.45, 7) is 4.42. The number of nitrogen functional groups attached to an aromatic ring is 1. The number of halogens is 2. The second-order valence-electron chi connectivity index (χ2n) is 4.41. The van der Waals surface area contributed by atoms with Gasteiger partial charge in [-0.25, -0.2) is 4.39 Å². The van der Waals surface area contributed by atoms with E-state index < -0.39 is 5.82 Å². The van der Waals surface area contributed by atoms with Gasteiger partial charge in [-0.2, -0.15) is 0 Å². The van der Waals surface area contributed by atoms with Gasteiger partial charge in [-0.3, -0.25) is 4.79 Å². The van der Waals surface area contributed by atoms with Crippen molar-refractivity contribution in [1.82, 2.24) is 4.90 Å². The van der Waals surface area contributed by atoms with Gasteiger partial charge in [0.2, 0.25) is 0 Å². The predicted molar refractivity (Wildman–Crippen MR) is 85.1 cm³/mol. The van der Waals surface area contributed by atoms with Gasteiger partial charge in [0.1, 0.15) is 5.82 Å². The van der Waals surface area contributed by atoms with Gasteiger partial charge in [-0.1, -0.05) is 17.7 Å². The van der Waals surface area contributed by atoms with Crippen molar-refractivity contribution in [3.8, 4) is 0 Å². The second kappa shape index (κ2) is 6.74. The van der Waals surface area contributed by atoms with Crippen molar-refractivity contribution in [3.05, 3.63) is 63.6 Å². The molecule has 6 heteroatoms. The molecular weight excluding hydrogens is 311 g/mol. The third-order valence-electron chi connectivity index (χ3n) is 2.86. The molecule has 0 spiro atoms. The van der Waals surface area contributed by atoms with Crippen LogP contribution in [0.5, 0.6) is 0 Å². The number of nitrogens with two attached hydrogens (primary N) is 1. The van der Waals surface area contributed by atoms with Crippen molar-refractivity contribution >= 4 is 34.5 Å². The van der Waals surface area contributed by atoms with Crippen LogP contribution in [0.3, 0.4) is 0 Å². The van der Waals surface area contributed by atoms with Gasteiger partial charge in [0, 0.05) is 17.1 Å². The molecule has 3 nitrogen and oxygen atoms in total. The van der Waals surface area contributed by atoms with Crippen LogP contribution in [0.25, 0.3) is 0 Å². The Hall–Kier alpha value is -1.85. The number of rotatable bonds is 5. The highest BCUT2D eigenvalue weighted by molar-refractivity contribution is 7.16. The van der Waals surface area contributed by atoms with Gasteiger partial charge in [0.05, 0.1) is 16.4 Å². The number of anilines is 1. The minimum atomic E-state index is -0.468. The maximum absolute atomic E-state index is 13.1. The molecule has 0 fully saturated rings. The number of carbonyl (C=O) groups is 1. The van der Waals surface area contributed by atoms with E-state index in [-0.39, 0.29) is 17.2 Å². The summed E-state index contributed by atoms with van der Waals surface area (Å²) >= 11 is 7.30. The normalized spacial score (nSPS) is 10.4. The molecule has 21 heavy (non-hydrogen) atoms. The molecule has 1 aromatic carbocycles. The molecule has 1 aromatic heterocycles. The molecule has 0 atom stereocenters. The Morgan fingerprint density at radius 3 is 2.76 bits per heavy atom. The highest BCUT2D eigenvalue weighted by Gasteiger charge is 2.18. The Kier molecular flexibility index (Phi) is 4.98. The van der Waals surface area contributed by atoms with Crippen LogP contribution in [0.4, 0.5) is 10.1 Å². The number of benzene rings is 1. The van der Waals surface area contributed by atoms with Crippen molar-refractivity contribution in [2.45, 2.75) is 6.54 Å². The Balaban J connectivity index is 2.24. The number of hydrogen-bond donors (Lipinski definition) is 1. The maximum atomic E-state index is 13.1. The highest BCUT2D eigenvalue weighted by atomic mass is 35.5. The molecule has 0 radical (unpaired) electrons. The van der Waals surface area contributed by atoms with Crippen LogP contribution in [0, 0.1) is 5.82 Å². The summed E-state index contributed by atoms with van der Waals surface area (Å²) in [4.78, 5) is 15.1. The summed E-state index contributed by atoms with van der Waals surface area (Å²) in [7, 11) is 0. The molecule has 0 unspecified atom stereocenters. The van der Waals surface area contributed by atoms with Gasteiger partial charge in [0.25, 0.3) is 5.91 Å². The fourth-order valence-corrected chi connectivity index (χ4v) is 3.00. The molecule has 2 aromatic rings. The van der Waals surface area contributed by atoms with Gasteiger partial charge in [-0.15, -0.1) is 17.9 Å². The fraction of sp³-hybridized carbons (Fsp3) is 0.133. The molecular formula is C15H14ClFN2OS. The minimum Gasteiger partial charge on any atom is -0.398 e. The molecule has 0 aliphatic heterocycles. The molecule has 1 amide bonds. The lowest BCUT2D eigenvalue weighted by molar-refractivity contribution is 0.0765. The Labute approximate surface area is 131 Å². The first-order chi connectivity index (χ1) is 10.0. The molecule has 2 rings (SSSR count). The number of amides is 1. The monoisotopic (exact) mass is 324 g/mol. The zero-order valence-corrected chi connectivity index (χ0v) is 12.8. The third kappa shape index (κ3) is 3.83. The van der Waals surface area contributed by atoms with Crippen LogP contribution in [0.15, 0.2) is 43.0 Å². The predicted octanol–water partition coefficient (Wildman–Crippen LogP) is 3.95. The van der Waals surface area contributed by atoms with Gasteiger partial charge in [0.15, 0.2) is 0 Å². The largest absolute Gasteiger partial charge is 0.398 e. The van der Waals surface area contributed by atoms with Crippen molar-refractivity contribution in [2.75, 3.05) is 12.3 Å². The molecule has 0 aliphatic carbocycles. The number of nitrogens with zero attached hydrogens (tertiary/aromatic N) is 1. The van der Waals surface area contributed by atoms with E-state index in [1.807, 2.05) is 6.07 Å². The maximum Gasteiger partial charge on any atom is 0.256 e. The lowest BCUT2D eigenvalue weighted by Gasteiger charge is -2.21. The highest BCUT2D eigenvalue weighted by Crippen LogP contribution is 2.24. The van der Waals surface area contributed by atoms with E-state index in [2.05, 4.69) is 6.58 Å². The quantitative estimate of drug-likeness (QED) is 0.668. The van der Waals surface area contributed by atoms with E-state index in [1.54, 1.807) is 17.0 Å². The van der Waals surface area contributed by atoms with Crippen LogP contribution in [-0.2, 0) is 6.54 Å². The fourth-order valence-electron chi connectivity index (χ4n) is 1.90. The first-order valence-electron chi connectivity index (χ1n) is 6.20. The summed E-state index contributed by atoms with van der Waals surface area (Å²) in [5, 5.41) is 0. The van der Waals surface area contributed by atoms with Crippen molar-refractivity contribution in [1.29, 1.82) is 0 Å². The van der Waals surface area contributed by atoms with Crippen molar-refractivity contribution in [2.24, 2.45) is 0 Å². The molecule has 0 aliphatic rings. The molecule has 110 valence electrons. The number of thiophene rings is 1. The first-order valence-corrected chi connectivity index (χ1v) is 7.40. The summed E-state index contributed by atoms with van der Waals surface area (Å²) in [5.41, 5.74) is 6.12. The summed E-state index contributed by atoms with van der Waals surface area (Å²) in [5.74, 6) is -0.735. The lowest BCUT2D eigenvalue weighted by atomic mass is 10.1. The van der Waals surface area contributed by atoms with Gasteiger partial charge in [-0.05, 0) is 30.3 Å². The zero-order chi connectivity index (χ0) is 15.4. The van der Waals surface area contributed by atoms with E-state index in [0.717, 1.165) is 10.9 Å². The summed E-state index contributed by atoms with van der Waals surface area (Å²) < 4.78 is 13.7. The van der Waals surface area contributed by atoms with E-state index >= 15 is 0 Å². The van der Waals surface area contributed by atoms with Crippen LogP contribution in [0.2, 0.25) is 4.34 Å². The van der Waals surface area contributed by atoms with E-state index in [9.17, 15) is 9.18 Å². The Morgan fingerprint density at radius 2 is 2.19 bits per heavy atom. The average Bonchev–Trinajstić information content (AvgIpc) is 2.83. The van der Waals surface area contributed by atoms with Crippen LogP contribution in [-0.4, -0.2) is 17.4 Å². The third-order valence-corrected chi connectivity index (χ3v) is 4.07. The summed E-state index contributed by atoms with van der Waals surface area (Å²) in [6.07, 6.45) is 1.63. The lowest BCUT2D eigenvalue weighted by Crippen LogP contribution is -2.31. The molecule has 2 N–H and O–H groups in total. The molecule has 0 saturated carbocycles. The Bertz CT molecular complexity index is 671. The molecule has 0 bridgehead atoms. The first kappa shape index (κ1) is 15.5. The minimum absolute atomic E-state index is 0.123.